The largest absolute Gasteiger partial charge is 0.397 e. The summed E-state index contributed by atoms with van der Waals surface area (Å²) in [6.07, 6.45) is 6.87. The molecule has 1 aromatic rings. The molecule has 1 saturated heterocycles. The second kappa shape index (κ2) is 13.1. The van der Waals surface area contributed by atoms with Crippen LogP contribution in [0.4, 0.5) is 0 Å². The quantitative estimate of drug-likeness (QED) is 0.657. The number of nitrogens with zero attached hydrogens (tertiary/aromatic N) is 3. The third kappa shape index (κ3) is 7.38. The average molecular weight is 440 g/mol. The van der Waals surface area contributed by atoms with Crippen molar-refractivity contribution in [3.05, 3.63) is 22.6 Å². The van der Waals surface area contributed by atoms with Crippen LogP contribution in [0.3, 0.4) is 0 Å². The molecule has 8 heteroatoms. The summed E-state index contributed by atoms with van der Waals surface area (Å²) >= 11 is 6.38. The Bertz CT molecular complexity index is 706. The number of rotatable bonds is 6. The van der Waals surface area contributed by atoms with Gasteiger partial charge in [-0.05, 0) is 44.8 Å². The van der Waals surface area contributed by atoms with Crippen LogP contribution in [0.15, 0.2) is 15.1 Å². The lowest BCUT2D eigenvalue weighted by Gasteiger charge is -2.22. The minimum Gasteiger partial charge on any atom is -0.397 e. The zero-order valence-electron chi connectivity index (χ0n) is 18.8. The Morgan fingerprint density at radius 3 is 2.50 bits per heavy atom. The standard InChI is InChI=1S/C17H25ClN4O2.C5H13N/c1-20-17(18)12(10-22-7-4-2-3-5-8-22)15(19)16-13-11-23-9-6-14(13)24-21-16;1-5(2)3-4-6/h2-11,19H2,1H3;5H,3-4,6H2,1-2H3/b15-12-,20-17?;. The zero-order valence-corrected chi connectivity index (χ0v) is 19.5. The molecule has 0 aromatic carbocycles. The number of hydrogen-bond donors (Lipinski definition) is 2. The van der Waals surface area contributed by atoms with Gasteiger partial charge in [0, 0.05) is 25.6 Å². The zero-order chi connectivity index (χ0) is 21.9. The topological polar surface area (TPSA) is 103 Å². The number of aliphatic imine (C=N–C) groups is 1. The van der Waals surface area contributed by atoms with Gasteiger partial charge in [0.1, 0.15) is 16.6 Å². The molecule has 1 aromatic heterocycles. The van der Waals surface area contributed by atoms with Crippen molar-refractivity contribution in [1.82, 2.24) is 10.1 Å². The fraction of sp³-hybridized carbons (Fsp3) is 0.727. The predicted molar refractivity (Wildman–Crippen MR) is 124 cm³/mol. The molecule has 2 aliphatic heterocycles. The first-order valence-corrected chi connectivity index (χ1v) is 11.4. The molecule has 0 saturated carbocycles. The normalized spacial score (nSPS) is 18.9. The molecule has 0 atom stereocenters. The van der Waals surface area contributed by atoms with Gasteiger partial charge in [-0.25, -0.2) is 0 Å². The fourth-order valence-corrected chi connectivity index (χ4v) is 3.79. The van der Waals surface area contributed by atoms with Crippen LogP contribution < -0.4 is 11.5 Å². The van der Waals surface area contributed by atoms with Crippen molar-refractivity contribution in [3.63, 3.8) is 0 Å². The molecule has 1 fully saturated rings. The first-order valence-electron chi connectivity index (χ1n) is 11.1. The predicted octanol–water partition coefficient (Wildman–Crippen LogP) is 3.55. The van der Waals surface area contributed by atoms with Crippen LogP contribution in [-0.2, 0) is 17.8 Å². The minimum atomic E-state index is 0.435. The van der Waals surface area contributed by atoms with Crippen molar-refractivity contribution in [2.24, 2.45) is 22.4 Å². The first-order chi connectivity index (χ1) is 14.5. The van der Waals surface area contributed by atoms with Crippen LogP contribution >= 0.6 is 11.6 Å². The third-order valence-electron chi connectivity index (χ3n) is 5.44. The van der Waals surface area contributed by atoms with E-state index < -0.39 is 0 Å². The van der Waals surface area contributed by atoms with E-state index in [4.69, 9.17) is 32.3 Å². The maximum atomic E-state index is 6.45. The molecule has 0 spiro atoms. The van der Waals surface area contributed by atoms with E-state index in [1.165, 1.54) is 25.7 Å². The summed E-state index contributed by atoms with van der Waals surface area (Å²) in [5.41, 5.74) is 14.6. The summed E-state index contributed by atoms with van der Waals surface area (Å²) in [4.78, 5) is 6.54. The van der Waals surface area contributed by atoms with Crippen LogP contribution in [0.25, 0.3) is 5.70 Å². The van der Waals surface area contributed by atoms with Crippen molar-refractivity contribution in [1.29, 1.82) is 0 Å². The number of ether oxygens (including phenoxy) is 1. The Morgan fingerprint density at radius 2 is 1.93 bits per heavy atom. The van der Waals surface area contributed by atoms with E-state index in [1.54, 1.807) is 7.05 Å². The Balaban J connectivity index is 0.000000469. The third-order valence-corrected chi connectivity index (χ3v) is 5.84. The van der Waals surface area contributed by atoms with Crippen molar-refractivity contribution in [3.8, 4) is 0 Å². The Hall–Kier alpha value is -1.41. The molecule has 3 rings (SSSR count). The van der Waals surface area contributed by atoms with E-state index in [9.17, 15) is 0 Å². The Labute approximate surface area is 185 Å². The molecule has 30 heavy (non-hydrogen) atoms. The van der Waals surface area contributed by atoms with Crippen molar-refractivity contribution >= 4 is 22.5 Å². The monoisotopic (exact) mass is 439 g/mol. The summed E-state index contributed by atoms with van der Waals surface area (Å²) in [6.45, 7) is 9.12. The second-order valence-electron chi connectivity index (χ2n) is 8.30. The van der Waals surface area contributed by atoms with Gasteiger partial charge in [-0.15, -0.1) is 0 Å². The number of nitrogens with two attached hydrogens (primary N) is 2. The average Bonchev–Trinajstić information content (AvgIpc) is 3.00. The van der Waals surface area contributed by atoms with Gasteiger partial charge in [0.05, 0.1) is 24.5 Å². The lowest BCUT2D eigenvalue weighted by atomic mass is 10.0. The van der Waals surface area contributed by atoms with Crippen LogP contribution in [0.5, 0.6) is 0 Å². The highest BCUT2D eigenvalue weighted by atomic mass is 35.5. The summed E-state index contributed by atoms with van der Waals surface area (Å²) < 4.78 is 11.0. The molecule has 0 aliphatic carbocycles. The second-order valence-corrected chi connectivity index (χ2v) is 8.66. The molecule has 0 amide bonds. The highest BCUT2D eigenvalue weighted by Gasteiger charge is 2.25. The lowest BCUT2D eigenvalue weighted by Crippen LogP contribution is -2.30. The molecule has 2 aliphatic rings. The number of fused-ring (bicyclic) bond motifs is 1. The van der Waals surface area contributed by atoms with Gasteiger partial charge >= 0.3 is 0 Å². The van der Waals surface area contributed by atoms with Crippen LogP contribution in [-0.4, -0.2) is 55.1 Å². The molecular formula is C22H38ClN5O2. The summed E-state index contributed by atoms with van der Waals surface area (Å²) in [6, 6.07) is 0. The number of likely N-dealkylation sites (tertiary alicyclic amines) is 1. The fourth-order valence-electron chi connectivity index (χ4n) is 3.63. The first kappa shape index (κ1) is 24.9. The van der Waals surface area contributed by atoms with Gasteiger partial charge in [0.2, 0.25) is 0 Å². The number of aromatic nitrogens is 1. The maximum Gasteiger partial charge on any atom is 0.145 e. The van der Waals surface area contributed by atoms with Gasteiger partial charge in [-0.1, -0.05) is 43.4 Å². The summed E-state index contributed by atoms with van der Waals surface area (Å²) in [5, 5.41) is 4.61. The maximum absolute atomic E-state index is 6.45. The number of hydrogen-bond acceptors (Lipinski definition) is 7. The molecule has 4 N–H and O–H groups in total. The Morgan fingerprint density at radius 1 is 1.23 bits per heavy atom. The van der Waals surface area contributed by atoms with Crippen LogP contribution in [0, 0.1) is 5.92 Å². The van der Waals surface area contributed by atoms with Gasteiger partial charge in [0.25, 0.3) is 0 Å². The molecular weight excluding hydrogens is 402 g/mol. The van der Waals surface area contributed by atoms with Gasteiger partial charge < -0.3 is 20.7 Å². The number of halogens is 1. The molecule has 0 radical (unpaired) electrons. The molecule has 0 bridgehead atoms. The summed E-state index contributed by atoms with van der Waals surface area (Å²) in [7, 11) is 1.68. The summed E-state index contributed by atoms with van der Waals surface area (Å²) in [5.74, 6) is 1.63. The molecule has 7 nitrogen and oxygen atoms in total. The van der Waals surface area contributed by atoms with Crippen LogP contribution in [0.1, 0.15) is 63.0 Å². The highest BCUT2D eigenvalue weighted by molar-refractivity contribution is 6.70. The SMILES string of the molecule is CC(C)CCN.CN=C(Cl)/C(CN1CCCCCC1)=C(\N)c1noc2c1COCC2. The smallest absolute Gasteiger partial charge is 0.145 e. The van der Waals surface area contributed by atoms with Crippen molar-refractivity contribution in [2.75, 3.05) is 39.8 Å². The van der Waals surface area contributed by atoms with E-state index in [0.717, 1.165) is 55.3 Å². The molecule has 170 valence electrons. The lowest BCUT2D eigenvalue weighted by molar-refractivity contribution is 0.102. The van der Waals surface area contributed by atoms with E-state index >= 15 is 0 Å². The van der Waals surface area contributed by atoms with E-state index in [-0.39, 0.29) is 0 Å². The van der Waals surface area contributed by atoms with E-state index in [1.807, 2.05) is 0 Å². The minimum absolute atomic E-state index is 0.435. The Kier molecular flexibility index (Phi) is 10.9. The highest BCUT2D eigenvalue weighted by Crippen LogP contribution is 2.27. The van der Waals surface area contributed by atoms with Gasteiger partial charge in [-0.2, -0.15) is 0 Å². The van der Waals surface area contributed by atoms with Crippen molar-refractivity contribution in [2.45, 2.75) is 59.0 Å². The van der Waals surface area contributed by atoms with E-state index in [0.29, 0.717) is 36.3 Å². The molecule has 3 heterocycles. The van der Waals surface area contributed by atoms with Gasteiger partial charge in [-0.3, -0.25) is 9.89 Å². The van der Waals surface area contributed by atoms with Crippen LogP contribution in [0.2, 0.25) is 0 Å². The van der Waals surface area contributed by atoms with Gasteiger partial charge in [0.15, 0.2) is 0 Å². The molecule has 0 unspecified atom stereocenters. The van der Waals surface area contributed by atoms with E-state index in [2.05, 4.69) is 28.9 Å². The van der Waals surface area contributed by atoms with Crippen molar-refractivity contribution < 1.29 is 9.26 Å².